The molecule has 1 aromatic carbocycles. The minimum absolute atomic E-state index is 0.0925. The van der Waals surface area contributed by atoms with Crippen LogP contribution >= 0.6 is 11.8 Å². The van der Waals surface area contributed by atoms with Crippen LogP contribution in [0.15, 0.2) is 30.5 Å². The van der Waals surface area contributed by atoms with Gasteiger partial charge in [-0.15, -0.1) is 5.10 Å². The molecule has 2 heterocycles. The molecule has 26 heavy (non-hydrogen) atoms. The van der Waals surface area contributed by atoms with Gasteiger partial charge in [0.2, 0.25) is 0 Å². The number of hydrogen-bond acceptors (Lipinski definition) is 6. The highest BCUT2D eigenvalue weighted by atomic mass is 32.2. The summed E-state index contributed by atoms with van der Waals surface area (Å²) in [6.07, 6.45) is 1.63. The predicted molar refractivity (Wildman–Crippen MR) is 98.3 cm³/mol. The Hall–Kier alpha value is -2.55. The molecule has 1 aromatic heterocycles. The largest absolute Gasteiger partial charge is 0.508 e. The lowest BCUT2D eigenvalue weighted by Gasteiger charge is -2.25. The molecular weight excluding hydrogens is 354 g/mol. The number of hydrogen-bond donors (Lipinski definition) is 1. The standard InChI is InChI=1S/C17H21N5O3S/c1-20(16(24)13-2-4-14(23)5-3-13)6-7-22-12-15(18-19-22)17(25)21-8-10-26-11-9-21/h2-5,12,23H,6-11H2,1H3. The van der Waals surface area contributed by atoms with Crippen molar-refractivity contribution in [1.29, 1.82) is 0 Å². The molecule has 0 bridgehead atoms. The van der Waals surface area contributed by atoms with Gasteiger partial charge < -0.3 is 14.9 Å². The zero-order valence-corrected chi connectivity index (χ0v) is 15.4. The minimum Gasteiger partial charge on any atom is -0.508 e. The molecule has 138 valence electrons. The van der Waals surface area contributed by atoms with Gasteiger partial charge in [-0.25, -0.2) is 4.68 Å². The average Bonchev–Trinajstić information content (AvgIpc) is 3.15. The van der Waals surface area contributed by atoms with E-state index in [2.05, 4.69) is 10.3 Å². The van der Waals surface area contributed by atoms with Crippen molar-refractivity contribution >= 4 is 23.6 Å². The number of phenolic OH excluding ortho intramolecular Hbond substituents is 1. The maximum Gasteiger partial charge on any atom is 0.276 e. The number of nitrogens with zero attached hydrogens (tertiary/aromatic N) is 5. The van der Waals surface area contributed by atoms with Crippen molar-refractivity contribution in [2.75, 3.05) is 38.2 Å². The molecule has 0 spiro atoms. The highest BCUT2D eigenvalue weighted by Gasteiger charge is 2.21. The number of benzene rings is 1. The van der Waals surface area contributed by atoms with Crippen molar-refractivity contribution in [2.24, 2.45) is 0 Å². The van der Waals surface area contributed by atoms with Crippen molar-refractivity contribution in [3.63, 3.8) is 0 Å². The first-order valence-corrected chi connectivity index (χ1v) is 9.52. The van der Waals surface area contributed by atoms with E-state index in [0.717, 1.165) is 24.6 Å². The van der Waals surface area contributed by atoms with Crippen LogP contribution in [0, 0.1) is 0 Å². The molecule has 8 nitrogen and oxygen atoms in total. The first-order chi connectivity index (χ1) is 12.5. The van der Waals surface area contributed by atoms with Gasteiger partial charge in [-0.05, 0) is 24.3 Å². The smallest absolute Gasteiger partial charge is 0.276 e. The Bertz CT molecular complexity index is 771. The number of likely N-dealkylation sites (N-methyl/N-ethyl adjacent to an activating group) is 1. The van der Waals surface area contributed by atoms with Gasteiger partial charge in [0.25, 0.3) is 11.8 Å². The van der Waals surface area contributed by atoms with Crippen LogP contribution < -0.4 is 0 Å². The number of amides is 2. The summed E-state index contributed by atoms with van der Waals surface area (Å²) in [7, 11) is 1.70. The Labute approximate surface area is 155 Å². The lowest BCUT2D eigenvalue weighted by atomic mass is 10.2. The van der Waals surface area contributed by atoms with Crippen molar-refractivity contribution in [3.8, 4) is 5.75 Å². The van der Waals surface area contributed by atoms with Gasteiger partial charge in [-0.1, -0.05) is 5.21 Å². The third-order valence-corrected chi connectivity index (χ3v) is 5.12. The van der Waals surface area contributed by atoms with E-state index in [0.29, 0.717) is 24.3 Å². The van der Waals surface area contributed by atoms with Crippen LogP contribution in [0.2, 0.25) is 0 Å². The summed E-state index contributed by atoms with van der Waals surface area (Å²) in [5.41, 5.74) is 0.840. The molecule has 1 aliphatic rings. The maximum atomic E-state index is 12.4. The highest BCUT2D eigenvalue weighted by Crippen LogP contribution is 2.13. The monoisotopic (exact) mass is 375 g/mol. The quantitative estimate of drug-likeness (QED) is 0.836. The number of carbonyl (C=O) groups excluding carboxylic acids is 2. The number of aromatic nitrogens is 3. The molecule has 0 radical (unpaired) electrons. The summed E-state index contributed by atoms with van der Waals surface area (Å²) in [5, 5.41) is 17.3. The summed E-state index contributed by atoms with van der Waals surface area (Å²) in [4.78, 5) is 28.1. The Morgan fingerprint density at radius 1 is 1.23 bits per heavy atom. The van der Waals surface area contributed by atoms with E-state index in [1.54, 1.807) is 39.9 Å². The molecule has 3 rings (SSSR count). The Morgan fingerprint density at radius 3 is 2.62 bits per heavy atom. The molecule has 2 amide bonds. The molecule has 1 N–H and O–H groups in total. The van der Waals surface area contributed by atoms with Crippen LogP contribution in [-0.4, -0.2) is 79.9 Å². The van der Waals surface area contributed by atoms with Crippen LogP contribution in [-0.2, 0) is 6.54 Å². The summed E-state index contributed by atoms with van der Waals surface area (Å²) in [6, 6.07) is 6.12. The Morgan fingerprint density at radius 2 is 1.92 bits per heavy atom. The van der Waals surface area contributed by atoms with Gasteiger partial charge in [0.15, 0.2) is 5.69 Å². The summed E-state index contributed by atoms with van der Waals surface area (Å²) < 4.78 is 1.58. The lowest BCUT2D eigenvalue weighted by Crippen LogP contribution is -2.38. The fraction of sp³-hybridized carbons (Fsp3) is 0.412. The maximum absolute atomic E-state index is 12.4. The van der Waals surface area contributed by atoms with Gasteiger partial charge in [-0.3, -0.25) is 9.59 Å². The van der Waals surface area contributed by atoms with Crippen molar-refractivity contribution in [2.45, 2.75) is 6.54 Å². The van der Waals surface area contributed by atoms with E-state index >= 15 is 0 Å². The van der Waals surface area contributed by atoms with Crippen molar-refractivity contribution < 1.29 is 14.7 Å². The zero-order valence-electron chi connectivity index (χ0n) is 14.5. The summed E-state index contributed by atoms with van der Waals surface area (Å²) >= 11 is 1.84. The number of phenols is 1. The van der Waals surface area contributed by atoms with E-state index < -0.39 is 0 Å². The third kappa shape index (κ3) is 4.34. The molecule has 1 aliphatic heterocycles. The van der Waals surface area contributed by atoms with E-state index in [-0.39, 0.29) is 17.6 Å². The summed E-state index contributed by atoms with van der Waals surface area (Å²) in [5.74, 6) is 1.78. The van der Waals surface area contributed by atoms with Crippen LogP contribution in [0.5, 0.6) is 5.75 Å². The molecule has 9 heteroatoms. The second-order valence-electron chi connectivity index (χ2n) is 6.05. The fourth-order valence-corrected chi connectivity index (χ4v) is 3.52. The predicted octanol–water partition coefficient (Wildman–Crippen LogP) is 0.945. The highest BCUT2D eigenvalue weighted by molar-refractivity contribution is 7.99. The first kappa shape index (κ1) is 18.2. The molecular formula is C17H21N5O3S. The van der Waals surface area contributed by atoms with Crippen LogP contribution in [0.25, 0.3) is 0 Å². The Balaban J connectivity index is 1.54. The average molecular weight is 375 g/mol. The van der Waals surface area contributed by atoms with Crippen LogP contribution in [0.1, 0.15) is 20.8 Å². The van der Waals surface area contributed by atoms with Gasteiger partial charge in [0, 0.05) is 43.8 Å². The normalized spacial score (nSPS) is 14.3. The van der Waals surface area contributed by atoms with E-state index in [9.17, 15) is 14.7 Å². The van der Waals surface area contributed by atoms with Gasteiger partial charge in [0.05, 0.1) is 12.7 Å². The molecule has 1 saturated heterocycles. The molecule has 0 saturated carbocycles. The van der Waals surface area contributed by atoms with Crippen molar-refractivity contribution in [3.05, 3.63) is 41.7 Å². The van der Waals surface area contributed by atoms with E-state index in [1.165, 1.54) is 12.1 Å². The number of aromatic hydroxyl groups is 1. The fourth-order valence-electron chi connectivity index (χ4n) is 2.61. The van der Waals surface area contributed by atoms with E-state index in [4.69, 9.17) is 0 Å². The summed E-state index contributed by atoms with van der Waals surface area (Å²) in [6.45, 7) is 2.34. The van der Waals surface area contributed by atoms with Crippen LogP contribution in [0.3, 0.4) is 0 Å². The van der Waals surface area contributed by atoms with Gasteiger partial charge in [0.1, 0.15) is 5.75 Å². The lowest BCUT2D eigenvalue weighted by molar-refractivity contribution is 0.0763. The zero-order chi connectivity index (χ0) is 18.5. The van der Waals surface area contributed by atoms with Gasteiger partial charge >= 0.3 is 0 Å². The molecule has 0 aliphatic carbocycles. The molecule has 0 unspecified atom stereocenters. The number of carbonyl (C=O) groups is 2. The Kier molecular flexibility index (Phi) is 5.77. The molecule has 0 atom stereocenters. The number of thioether (sulfide) groups is 1. The second kappa shape index (κ2) is 8.22. The minimum atomic E-state index is -0.146. The van der Waals surface area contributed by atoms with E-state index in [1.807, 2.05) is 11.8 Å². The molecule has 1 fully saturated rings. The second-order valence-corrected chi connectivity index (χ2v) is 7.27. The molecule has 2 aromatic rings. The SMILES string of the molecule is CN(CCn1cc(C(=O)N2CCSCC2)nn1)C(=O)c1ccc(O)cc1. The third-order valence-electron chi connectivity index (χ3n) is 4.18. The van der Waals surface area contributed by atoms with Gasteiger partial charge in [-0.2, -0.15) is 11.8 Å². The first-order valence-electron chi connectivity index (χ1n) is 8.36. The van der Waals surface area contributed by atoms with Crippen molar-refractivity contribution in [1.82, 2.24) is 24.8 Å². The topological polar surface area (TPSA) is 91.6 Å². The van der Waals surface area contributed by atoms with Crippen LogP contribution in [0.4, 0.5) is 0 Å². The number of rotatable bonds is 5.